The molecule has 1 unspecified atom stereocenters. The van der Waals surface area contributed by atoms with Gasteiger partial charge in [0.15, 0.2) is 0 Å². The van der Waals surface area contributed by atoms with Crippen LogP contribution in [0.15, 0.2) is 24.3 Å². The van der Waals surface area contributed by atoms with Crippen LogP contribution in [-0.2, 0) is 4.74 Å². The molecule has 0 aromatic heterocycles. The van der Waals surface area contributed by atoms with E-state index in [0.29, 0.717) is 6.10 Å². The fraction of sp³-hybridized carbons (Fsp3) is 0.500. The van der Waals surface area contributed by atoms with Gasteiger partial charge < -0.3 is 14.6 Å². The zero-order valence-electron chi connectivity index (χ0n) is 11.1. The van der Waals surface area contributed by atoms with Gasteiger partial charge in [-0.1, -0.05) is 11.8 Å². The van der Waals surface area contributed by atoms with Crippen molar-refractivity contribution in [2.45, 2.75) is 31.8 Å². The third kappa shape index (κ3) is 4.94. The first-order valence-electron chi connectivity index (χ1n) is 6.82. The molecule has 0 aliphatic carbocycles. The van der Waals surface area contributed by atoms with Crippen LogP contribution in [0.2, 0.25) is 0 Å². The third-order valence-corrected chi connectivity index (χ3v) is 3.13. The van der Waals surface area contributed by atoms with Crippen molar-refractivity contribution in [1.82, 2.24) is 0 Å². The Bertz CT molecular complexity index is 422. The molecule has 1 fully saturated rings. The lowest BCUT2D eigenvalue weighted by Crippen LogP contribution is -2.07. The summed E-state index contributed by atoms with van der Waals surface area (Å²) in [4.78, 5) is 0. The van der Waals surface area contributed by atoms with E-state index in [1.54, 1.807) is 0 Å². The lowest BCUT2D eigenvalue weighted by Gasteiger charge is -2.10. The molecule has 1 aromatic rings. The first kappa shape index (κ1) is 13.9. The van der Waals surface area contributed by atoms with Crippen LogP contribution in [0.25, 0.3) is 0 Å². The molecular weight excluding hydrogens is 240 g/mol. The molecule has 1 atom stereocenters. The standard InChI is InChI=1S/C16H20O3/c17-11-1-4-14-7-9-16(10-8-14)19-13-3-6-15-5-2-12-18-15/h7-10,15,17H,2-3,5-6,11-13H2. The van der Waals surface area contributed by atoms with Crippen molar-refractivity contribution >= 4 is 0 Å². The van der Waals surface area contributed by atoms with Crippen molar-refractivity contribution in [2.24, 2.45) is 0 Å². The summed E-state index contributed by atoms with van der Waals surface area (Å²) in [5, 5.41) is 8.61. The number of benzene rings is 1. The molecule has 0 bridgehead atoms. The molecule has 19 heavy (non-hydrogen) atoms. The molecule has 2 rings (SSSR count). The zero-order chi connectivity index (χ0) is 13.3. The highest BCUT2D eigenvalue weighted by molar-refractivity contribution is 5.38. The van der Waals surface area contributed by atoms with Crippen molar-refractivity contribution in [2.75, 3.05) is 19.8 Å². The first-order valence-corrected chi connectivity index (χ1v) is 6.82. The van der Waals surface area contributed by atoms with Crippen molar-refractivity contribution in [3.05, 3.63) is 29.8 Å². The van der Waals surface area contributed by atoms with E-state index in [2.05, 4.69) is 11.8 Å². The molecular formula is C16H20O3. The van der Waals surface area contributed by atoms with Gasteiger partial charge in [-0.05, 0) is 49.9 Å². The first-order chi connectivity index (χ1) is 9.38. The fourth-order valence-electron chi connectivity index (χ4n) is 2.15. The quantitative estimate of drug-likeness (QED) is 0.652. The van der Waals surface area contributed by atoms with Gasteiger partial charge in [-0.2, -0.15) is 0 Å². The number of aliphatic hydroxyl groups excluding tert-OH is 1. The van der Waals surface area contributed by atoms with E-state index in [4.69, 9.17) is 14.6 Å². The van der Waals surface area contributed by atoms with Crippen LogP contribution in [0.5, 0.6) is 5.75 Å². The Labute approximate surface area is 114 Å². The molecule has 1 N–H and O–H groups in total. The lowest BCUT2D eigenvalue weighted by molar-refractivity contribution is 0.0981. The lowest BCUT2D eigenvalue weighted by atomic mass is 10.1. The Hall–Kier alpha value is -1.50. The van der Waals surface area contributed by atoms with Gasteiger partial charge in [-0.3, -0.25) is 0 Å². The Morgan fingerprint density at radius 1 is 1.32 bits per heavy atom. The number of ether oxygens (including phenoxy) is 2. The summed E-state index contributed by atoms with van der Waals surface area (Å²) >= 11 is 0. The van der Waals surface area contributed by atoms with Crippen molar-refractivity contribution in [1.29, 1.82) is 0 Å². The van der Waals surface area contributed by atoms with Crippen LogP contribution in [0.3, 0.4) is 0 Å². The second-order valence-electron chi connectivity index (χ2n) is 4.61. The molecule has 1 aromatic carbocycles. The van der Waals surface area contributed by atoms with Gasteiger partial charge in [0.25, 0.3) is 0 Å². The van der Waals surface area contributed by atoms with E-state index >= 15 is 0 Å². The minimum Gasteiger partial charge on any atom is -0.494 e. The van der Waals surface area contributed by atoms with Gasteiger partial charge in [0, 0.05) is 12.2 Å². The number of aliphatic hydroxyl groups is 1. The molecule has 0 amide bonds. The van der Waals surface area contributed by atoms with Crippen LogP contribution in [-0.4, -0.2) is 31.0 Å². The molecule has 0 spiro atoms. The maximum absolute atomic E-state index is 8.61. The van der Waals surface area contributed by atoms with Crippen LogP contribution in [0.1, 0.15) is 31.2 Å². The molecule has 1 saturated heterocycles. The summed E-state index contributed by atoms with van der Waals surface area (Å²) in [5.74, 6) is 6.34. The topological polar surface area (TPSA) is 38.7 Å². The summed E-state index contributed by atoms with van der Waals surface area (Å²) in [7, 11) is 0. The summed E-state index contributed by atoms with van der Waals surface area (Å²) in [6.45, 7) is 1.53. The average molecular weight is 260 g/mol. The second-order valence-corrected chi connectivity index (χ2v) is 4.61. The molecule has 1 aliphatic rings. The average Bonchev–Trinajstić information content (AvgIpc) is 2.96. The number of rotatable bonds is 5. The predicted octanol–water partition coefficient (Wildman–Crippen LogP) is 2.37. The van der Waals surface area contributed by atoms with E-state index < -0.39 is 0 Å². The van der Waals surface area contributed by atoms with Gasteiger partial charge in [-0.25, -0.2) is 0 Å². The highest BCUT2D eigenvalue weighted by Gasteiger charge is 2.14. The maximum atomic E-state index is 8.61. The number of hydrogen-bond acceptors (Lipinski definition) is 3. The van der Waals surface area contributed by atoms with E-state index in [1.165, 1.54) is 12.8 Å². The molecule has 102 valence electrons. The summed E-state index contributed by atoms with van der Waals surface area (Å²) < 4.78 is 11.2. The monoisotopic (exact) mass is 260 g/mol. The minimum absolute atomic E-state index is 0.110. The van der Waals surface area contributed by atoms with Crippen molar-refractivity contribution in [3.63, 3.8) is 0 Å². The van der Waals surface area contributed by atoms with Gasteiger partial charge >= 0.3 is 0 Å². The van der Waals surface area contributed by atoms with Gasteiger partial charge in [0.2, 0.25) is 0 Å². The van der Waals surface area contributed by atoms with Gasteiger partial charge in [0.1, 0.15) is 12.4 Å². The largest absolute Gasteiger partial charge is 0.494 e. The molecule has 1 heterocycles. The fourth-order valence-corrected chi connectivity index (χ4v) is 2.15. The Morgan fingerprint density at radius 3 is 2.84 bits per heavy atom. The second kappa shape index (κ2) is 7.83. The maximum Gasteiger partial charge on any atom is 0.119 e. The summed E-state index contributed by atoms with van der Waals surface area (Å²) in [6.07, 6.45) is 4.94. The number of hydrogen-bond donors (Lipinski definition) is 1. The normalized spacial score (nSPS) is 17.8. The Balaban J connectivity index is 1.67. The third-order valence-electron chi connectivity index (χ3n) is 3.13. The van der Waals surface area contributed by atoms with Gasteiger partial charge in [-0.15, -0.1) is 0 Å². The van der Waals surface area contributed by atoms with Crippen LogP contribution >= 0.6 is 0 Å². The Kier molecular flexibility index (Phi) is 5.74. The molecule has 3 heteroatoms. The van der Waals surface area contributed by atoms with Crippen molar-refractivity contribution < 1.29 is 14.6 Å². The van der Waals surface area contributed by atoms with Crippen LogP contribution in [0.4, 0.5) is 0 Å². The highest BCUT2D eigenvalue weighted by atomic mass is 16.5. The molecule has 0 radical (unpaired) electrons. The van der Waals surface area contributed by atoms with E-state index in [0.717, 1.165) is 37.4 Å². The molecule has 0 saturated carbocycles. The minimum atomic E-state index is -0.110. The van der Waals surface area contributed by atoms with Crippen LogP contribution < -0.4 is 4.74 Å². The molecule has 1 aliphatic heterocycles. The van der Waals surface area contributed by atoms with E-state index in [-0.39, 0.29) is 6.61 Å². The summed E-state index contributed by atoms with van der Waals surface area (Å²) in [6, 6.07) is 7.62. The van der Waals surface area contributed by atoms with Gasteiger partial charge in [0.05, 0.1) is 12.7 Å². The summed E-state index contributed by atoms with van der Waals surface area (Å²) in [5.41, 5.74) is 0.890. The highest BCUT2D eigenvalue weighted by Crippen LogP contribution is 2.17. The van der Waals surface area contributed by atoms with Crippen molar-refractivity contribution in [3.8, 4) is 17.6 Å². The van der Waals surface area contributed by atoms with Crippen LogP contribution in [0, 0.1) is 11.8 Å². The SMILES string of the molecule is OCC#Cc1ccc(OCCCC2CCCO2)cc1. The van der Waals surface area contributed by atoms with E-state index in [1.807, 2.05) is 24.3 Å². The molecule has 3 nitrogen and oxygen atoms in total. The smallest absolute Gasteiger partial charge is 0.119 e. The van der Waals surface area contributed by atoms with E-state index in [9.17, 15) is 0 Å². The zero-order valence-corrected chi connectivity index (χ0v) is 11.1. The predicted molar refractivity (Wildman–Crippen MR) is 74.1 cm³/mol. The Morgan fingerprint density at radius 2 is 2.16 bits per heavy atom.